The third-order valence-corrected chi connectivity index (χ3v) is 2.02. The van der Waals surface area contributed by atoms with Crippen LogP contribution < -0.4 is 0 Å². The Morgan fingerprint density at radius 3 is 2.54 bits per heavy atom. The highest BCUT2D eigenvalue weighted by Gasteiger charge is 2.00. The van der Waals surface area contributed by atoms with Gasteiger partial charge in [0.25, 0.3) is 0 Å². The molecule has 0 aromatic rings. The molecule has 0 amide bonds. The molecule has 0 bridgehead atoms. The van der Waals surface area contributed by atoms with E-state index >= 15 is 0 Å². The maximum absolute atomic E-state index is 11.0. The Labute approximate surface area is 86.5 Å². The van der Waals surface area contributed by atoms with Gasteiger partial charge in [0.1, 0.15) is 6.61 Å². The van der Waals surface area contributed by atoms with Gasteiger partial charge >= 0.3 is 5.97 Å². The number of hydrogen-bond donors (Lipinski definition) is 1. The van der Waals surface area contributed by atoms with E-state index in [0.717, 1.165) is 12.8 Å². The second kappa shape index (κ2) is 9.90. The summed E-state index contributed by atoms with van der Waals surface area (Å²) in [5.74, 6) is 0.534. The summed E-state index contributed by atoms with van der Waals surface area (Å²) >= 11 is 3.96. The zero-order chi connectivity index (χ0) is 9.94. The van der Waals surface area contributed by atoms with Gasteiger partial charge in [0.2, 0.25) is 0 Å². The molecule has 0 aliphatic carbocycles. The molecule has 78 valence electrons. The molecular formula is C10H20O2S. The third kappa shape index (κ3) is 9.74. The molecule has 3 heteroatoms. The number of ether oxygens (including phenoxy) is 1. The second-order valence-electron chi connectivity index (χ2n) is 3.11. The predicted octanol–water partition coefficient (Wildman–Crippen LogP) is 2.82. The summed E-state index contributed by atoms with van der Waals surface area (Å²) in [5.41, 5.74) is 0. The summed E-state index contributed by atoms with van der Waals surface area (Å²) in [4.78, 5) is 11.0. The molecule has 13 heavy (non-hydrogen) atoms. The molecule has 0 fully saturated rings. The molecule has 0 heterocycles. The van der Waals surface area contributed by atoms with Crippen LogP contribution in [0.1, 0.15) is 45.4 Å². The number of rotatable bonds is 8. The van der Waals surface area contributed by atoms with Crippen molar-refractivity contribution in [3.8, 4) is 0 Å². The highest BCUT2D eigenvalue weighted by Crippen LogP contribution is 2.05. The van der Waals surface area contributed by atoms with Crippen molar-refractivity contribution in [1.82, 2.24) is 0 Å². The van der Waals surface area contributed by atoms with Crippen molar-refractivity contribution >= 4 is 18.6 Å². The van der Waals surface area contributed by atoms with Gasteiger partial charge in [-0.25, -0.2) is 0 Å². The molecule has 0 atom stereocenters. The zero-order valence-electron chi connectivity index (χ0n) is 8.42. The first-order chi connectivity index (χ1) is 6.31. The largest absolute Gasteiger partial charge is 0.465 e. The highest BCUT2D eigenvalue weighted by atomic mass is 32.1. The fourth-order valence-electron chi connectivity index (χ4n) is 1.10. The first kappa shape index (κ1) is 12.8. The van der Waals surface area contributed by atoms with E-state index in [9.17, 15) is 4.79 Å². The standard InChI is InChI=1S/C10H20O2S/c1-2-3-4-5-6-7-10(11)12-8-9-13/h13H,2-9H2,1H3. The lowest BCUT2D eigenvalue weighted by atomic mass is 10.1. The van der Waals surface area contributed by atoms with Gasteiger partial charge in [-0.1, -0.05) is 32.6 Å². The van der Waals surface area contributed by atoms with Crippen LogP contribution in [-0.4, -0.2) is 18.3 Å². The first-order valence-corrected chi connectivity index (χ1v) is 5.71. The molecule has 0 saturated heterocycles. The van der Waals surface area contributed by atoms with Gasteiger partial charge < -0.3 is 4.74 Å². The molecule has 2 nitrogen and oxygen atoms in total. The summed E-state index contributed by atoms with van der Waals surface area (Å²) < 4.78 is 4.88. The van der Waals surface area contributed by atoms with E-state index < -0.39 is 0 Å². The van der Waals surface area contributed by atoms with Crippen LogP contribution in [0.25, 0.3) is 0 Å². The van der Waals surface area contributed by atoms with Crippen LogP contribution in [0.3, 0.4) is 0 Å². The summed E-state index contributed by atoms with van der Waals surface area (Å²) in [6, 6.07) is 0. The van der Waals surface area contributed by atoms with Gasteiger partial charge in [-0.05, 0) is 6.42 Å². The van der Waals surface area contributed by atoms with E-state index in [-0.39, 0.29) is 5.97 Å². The normalized spacial score (nSPS) is 10.0. The maximum Gasteiger partial charge on any atom is 0.305 e. The van der Waals surface area contributed by atoms with Crippen LogP contribution in [0.5, 0.6) is 0 Å². The van der Waals surface area contributed by atoms with Crippen molar-refractivity contribution in [1.29, 1.82) is 0 Å². The molecular weight excluding hydrogens is 184 g/mol. The van der Waals surface area contributed by atoms with Crippen molar-refractivity contribution < 1.29 is 9.53 Å². The fraction of sp³-hybridized carbons (Fsp3) is 0.900. The summed E-state index contributed by atoms with van der Waals surface area (Å²) in [7, 11) is 0. The zero-order valence-corrected chi connectivity index (χ0v) is 9.31. The quantitative estimate of drug-likeness (QED) is 0.374. The molecule has 0 aromatic heterocycles. The maximum atomic E-state index is 11.0. The van der Waals surface area contributed by atoms with Crippen LogP contribution in [0.4, 0.5) is 0 Å². The monoisotopic (exact) mass is 204 g/mol. The van der Waals surface area contributed by atoms with Gasteiger partial charge in [0, 0.05) is 12.2 Å². The first-order valence-electron chi connectivity index (χ1n) is 5.07. The van der Waals surface area contributed by atoms with Gasteiger partial charge in [-0.3, -0.25) is 4.79 Å². The molecule has 0 spiro atoms. The molecule has 0 N–H and O–H groups in total. The number of carbonyl (C=O) groups excluding carboxylic acids is 1. The summed E-state index contributed by atoms with van der Waals surface area (Å²) in [6.45, 7) is 2.62. The van der Waals surface area contributed by atoms with E-state index in [1.807, 2.05) is 0 Å². The predicted molar refractivity (Wildman–Crippen MR) is 58.2 cm³/mol. The molecule has 0 aliphatic rings. The van der Waals surface area contributed by atoms with Crippen molar-refractivity contribution in [2.24, 2.45) is 0 Å². The van der Waals surface area contributed by atoms with Crippen LogP contribution in [0, 0.1) is 0 Å². The van der Waals surface area contributed by atoms with Crippen LogP contribution in [0.15, 0.2) is 0 Å². The SMILES string of the molecule is CCCCCCCC(=O)OCCS. The lowest BCUT2D eigenvalue weighted by molar-refractivity contribution is -0.143. The molecule has 0 rings (SSSR count). The number of thiol groups is 1. The van der Waals surface area contributed by atoms with Gasteiger partial charge in [0.05, 0.1) is 0 Å². The number of unbranched alkanes of at least 4 members (excludes halogenated alkanes) is 4. The molecule has 0 saturated carbocycles. The topological polar surface area (TPSA) is 26.3 Å². The van der Waals surface area contributed by atoms with Gasteiger partial charge in [-0.2, -0.15) is 12.6 Å². The molecule has 0 aliphatic heterocycles. The smallest absolute Gasteiger partial charge is 0.305 e. The van der Waals surface area contributed by atoms with Gasteiger partial charge in [0.15, 0.2) is 0 Å². The van der Waals surface area contributed by atoms with E-state index in [0.29, 0.717) is 18.8 Å². The fourth-order valence-corrected chi connectivity index (χ4v) is 1.20. The van der Waals surface area contributed by atoms with Crippen LogP contribution >= 0.6 is 12.6 Å². The van der Waals surface area contributed by atoms with Crippen molar-refractivity contribution in [3.63, 3.8) is 0 Å². The van der Waals surface area contributed by atoms with Crippen LogP contribution in [0.2, 0.25) is 0 Å². The van der Waals surface area contributed by atoms with Crippen molar-refractivity contribution in [2.45, 2.75) is 45.4 Å². The van der Waals surface area contributed by atoms with E-state index in [4.69, 9.17) is 4.74 Å². The number of esters is 1. The van der Waals surface area contributed by atoms with Crippen LogP contribution in [-0.2, 0) is 9.53 Å². The molecule has 0 unspecified atom stereocenters. The van der Waals surface area contributed by atoms with E-state index in [1.54, 1.807) is 0 Å². The van der Waals surface area contributed by atoms with E-state index in [1.165, 1.54) is 19.3 Å². The minimum absolute atomic E-state index is 0.0782. The Morgan fingerprint density at radius 1 is 1.23 bits per heavy atom. The minimum atomic E-state index is -0.0782. The minimum Gasteiger partial charge on any atom is -0.465 e. The molecule has 0 radical (unpaired) electrons. The van der Waals surface area contributed by atoms with E-state index in [2.05, 4.69) is 19.6 Å². The second-order valence-corrected chi connectivity index (χ2v) is 3.56. The summed E-state index contributed by atoms with van der Waals surface area (Å²) in [5, 5.41) is 0. The lowest BCUT2D eigenvalue weighted by Gasteiger charge is -2.02. The lowest BCUT2D eigenvalue weighted by Crippen LogP contribution is -2.06. The highest BCUT2D eigenvalue weighted by molar-refractivity contribution is 7.80. The third-order valence-electron chi connectivity index (χ3n) is 1.84. The van der Waals surface area contributed by atoms with Gasteiger partial charge in [-0.15, -0.1) is 0 Å². The Balaban J connectivity index is 3.08. The van der Waals surface area contributed by atoms with Crippen molar-refractivity contribution in [2.75, 3.05) is 12.4 Å². The number of carbonyl (C=O) groups is 1. The molecule has 0 aromatic carbocycles. The Bertz CT molecular complexity index is 126. The van der Waals surface area contributed by atoms with Crippen molar-refractivity contribution in [3.05, 3.63) is 0 Å². The Hall–Kier alpha value is -0.180. The average molecular weight is 204 g/mol. The Kier molecular flexibility index (Phi) is 9.77. The average Bonchev–Trinajstić information content (AvgIpc) is 2.14. The number of hydrogen-bond acceptors (Lipinski definition) is 3. The Morgan fingerprint density at radius 2 is 1.92 bits per heavy atom. The summed E-state index contributed by atoms with van der Waals surface area (Å²) in [6.07, 6.45) is 6.42.